The van der Waals surface area contributed by atoms with Crippen molar-refractivity contribution in [2.75, 3.05) is 12.3 Å². The summed E-state index contributed by atoms with van der Waals surface area (Å²) in [5.74, 6) is -1.92. The summed E-state index contributed by atoms with van der Waals surface area (Å²) in [5.41, 5.74) is -1.50. The fourth-order valence-electron chi connectivity index (χ4n) is 2.54. The smallest absolute Gasteiger partial charge is 0.389 e. The lowest BCUT2D eigenvalue weighted by atomic mass is 9.95. The van der Waals surface area contributed by atoms with Gasteiger partial charge in [0.25, 0.3) is 0 Å². The average Bonchev–Trinajstić information content (AvgIpc) is 2.72. The summed E-state index contributed by atoms with van der Waals surface area (Å²) >= 11 is 0. The molecule has 0 bridgehead atoms. The number of hydrogen-bond acceptors (Lipinski definition) is 3. The summed E-state index contributed by atoms with van der Waals surface area (Å²) in [6.07, 6.45) is -5.46. The normalized spacial score (nSPS) is 25.0. The van der Waals surface area contributed by atoms with E-state index in [9.17, 15) is 31.5 Å². The molecule has 5 nitrogen and oxygen atoms in total. The highest BCUT2D eigenvalue weighted by atomic mass is 32.2. The van der Waals surface area contributed by atoms with Crippen molar-refractivity contribution in [3.05, 3.63) is 0 Å². The van der Waals surface area contributed by atoms with Crippen molar-refractivity contribution >= 4 is 16.0 Å². The first-order valence-corrected chi connectivity index (χ1v) is 7.97. The van der Waals surface area contributed by atoms with Gasteiger partial charge < -0.3 is 5.11 Å². The first-order chi connectivity index (χ1) is 9.05. The van der Waals surface area contributed by atoms with E-state index in [4.69, 9.17) is 0 Å². The number of carboxylic acids is 1. The van der Waals surface area contributed by atoms with Crippen molar-refractivity contribution in [3.8, 4) is 0 Å². The quantitative estimate of drug-likeness (QED) is 0.813. The molecule has 0 aromatic heterocycles. The van der Waals surface area contributed by atoms with Gasteiger partial charge in [-0.1, -0.05) is 6.92 Å². The monoisotopic (exact) mass is 317 g/mol. The van der Waals surface area contributed by atoms with Crippen LogP contribution in [-0.2, 0) is 14.8 Å². The summed E-state index contributed by atoms with van der Waals surface area (Å²) in [5, 5.41) is 9.27. The van der Waals surface area contributed by atoms with Gasteiger partial charge >= 0.3 is 12.1 Å². The Morgan fingerprint density at radius 2 is 2.00 bits per heavy atom. The Kier molecular flexibility index (Phi) is 5.07. The van der Waals surface area contributed by atoms with Gasteiger partial charge in [-0.3, -0.25) is 4.79 Å². The van der Waals surface area contributed by atoms with Gasteiger partial charge in [0.2, 0.25) is 10.0 Å². The molecule has 1 rings (SSSR count). The summed E-state index contributed by atoms with van der Waals surface area (Å²) < 4.78 is 61.2. The number of alkyl halides is 3. The third-order valence-electron chi connectivity index (χ3n) is 3.61. The Hall–Kier alpha value is -0.830. The molecule has 1 unspecified atom stereocenters. The van der Waals surface area contributed by atoms with Gasteiger partial charge in [-0.25, -0.2) is 8.42 Å². The maximum atomic E-state index is 12.1. The van der Waals surface area contributed by atoms with Crippen LogP contribution in [0.25, 0.3) is 0 Å². The molecule has 20 heavy (non-hydrogen) atoms. The highest BCUT2D eigenvalue weighted by molar-refractivity contribution is 7.89. The molecular formula is C11H18F3NO4S. The molecule has 118 valence electrons. The minimum atomic E-state index is -4.41. The second-order valence-electron chi connectivity index (χ2n) is 4.90. The van der Waals surface area contributed by atoms with E-state index in [-0.39, 0.29) is 19.4 Å². The highest BCUT2D eigenvalue weighted by Crippen LogP contribution is 2.35. The molecule has 0 aliphatic carbocycles. The van der Waals surface area contributed by atoms with Crippen LogP contribution in [-0.4, -0.2) is 47.8 Å². The van der Waals surface area contributed by atoms with E-state index in [0.717, 1.165) is 4.31 Å². The van der Waals surface area contributed by atoms with Crippen LogP contribution in [0.5, 0.6) is 0 Å². The molecule has 0 radical (unpaired) electrons. The Labute approximate surface area is 115 Å². The second kappa shape index (κ2) is 5.88. The first kappa shape index (κ1) is 17.2. The van der Waals surface area contributed by atoms with Gasteiger partial charge in [0.15, 0.2) is 0 Å². The maximum absolute atomic E-state index is 12.1. The predicted molar refractivity (Wildman–Crippen MR) is 65.7 cm³/mol. The van der Waals surface area contributed by atoms with Crippen LogP contribution in [0, 0.1) is 0 Å². The number of nitrogens with zero attached hydrogens (tertiary/aromatic N) is 1. The van der Waals surface area contributed by atoms with Crippen molar-refractivity contribution < 1.29 is 31.5 Å². The standard InChI is InChI=1S/C11H18F3NO4S/c1-2-10(9(16)17)5-3-7-15(10)20(18,19)8-4-6-11(12,13)14/h2-8H2,1H3,(H,16,17). The van der Waals surface area contributed by atoms with Crippen LogP contribution < -0.4 is 0 Å². The van der Waals surface area contributed by atoms with E-state index >= 15 is 0 Å². The third-order valence-corrected chi connectivity index (χ3v) is 5.62. The molecule has 1 atom stereocenters. The highest BCUT2D eigenvalue weighted by Gasteiger charge is 2.51. The summed E-state index contributed by atoms with van der Waals surface area (Å²) in [7, 11) is -3.99. The number of sulfonamides is 1. The fourth-order valence-corrected chi connectivity index (χ4v) is 4.51. The predicted octanol–water partition coefficient (Wildman–Crippen LogP) is 1.99. The number of rotatable bonds is 6. The Bertz CT molecular complexity index is 463. The number of aliphatic carboxylic acids is 1. The molecule has 0 amide bonds. The van der Waals surface area contributed by atoms with E-state index in [1.54, 1.807) is 6.92 Å². The zero-order chi connectivity index (χ0) is 15.6. The lowest BCUT2D eigenvalue weighted by Crippen LogP contribution is -2.53. The van der Waals surface area contributed by atoms with Crippen molar-refractivity contribution in [1.29, 1.82) is 0 Å². The Morgan fingerprint density at radius 3 is 2.45 bits per heavy atom. The van der Waals surface area contributed by atoms with Crippen molar-refractivity contribution in [2.24, 2.45) is 0 Å². The number of carboxylic acid groups (broad SMARTS) is 1. The molecule has 9 heteroatoms. The largest absolute Gasteiger partial charge is 0.480 e. The zero-order valence-electron chi connectivity index (χ0n) is 11.1. The minimum absolute atomic E-state index is 0.0501. The summed E-state index contributed by atoms with van der Waals surface area (Å²) in [4.78, 5) is 11.4. The maximum Gasteiger partial charge on any atom is 0.389 e. The lowest BCUT2D eigenvalue weighted by Gasteiger charge is -2.32. The van der Waals surface area contributed by atoms with Crippen LogP contribution in [0.2, 0.25) is 0 Å². The summed E-state index contributed by atoms with van der Waals surface area (Å²) in [6.45, 7) is 1.62. The molecule has 1 aliphatic rings. The van der Waals surface area contributed by atoms with E-state index in [2.05, 4.69) is 0 Å². The molecule has 0 aromatic carbocycles. The molecule has 0 spiro atoms. The van der Waals surface area contributed by atoms with Gasteiger partial charge in [-0.05, 0) is 25.7 Å². The molecule has 1 aliphatic heterocycles. The summed E-state index contributed by atoms with van der Waals surface area (Å²) in [6, 6.07) is 0. The van der Waals surface area contributed by atoms with Crippen LogP contribution in [0.3, 0.4) is 0 Å². The SMILES string of the molecule is CCC1(C(=O)O)CCCN1S(=O)(=O)CCCC(F)(F)F. The fraction of sp³-hybridized carbons (Fsp3) is 0.909. The molecule has 1 fully saturated rings. The molecule has 1 saturated heterocycles. The third kappa shape index (κ3) is 3.63. The molecule has 0 saturated carbocycles. The van der Waals surface area contributed by atoms with Gasteiger partial charge in [-0.15, -0.1) is 0 Å². The Balaban J connectivity index is 2.83. The molecule has 1 N–H and O–H groups in total. The van der Waals surface area contributed by atoms with E-state index in [0.29, 0.717) is 6.42 Å². The van der Waals surface area contributed by atoms with E-state index in [1.165, 1.54) is 0 Å². The number of hydrogen-bond donors (Lipinski definition) is 1. The van der Waals surface area contributed by atoms with Gasteiger partial charge in [0, 0.05) is 13.0 Å². The molecule has 0 aromatic rings. The molecule has 1 heterocycles. The minimum Gasteiger partial charge on any atom is -0.480 e. The number of halogens is 3. The van der Waals surface area contributed by atoms with E-state index in [1.807, 2.05) is 0 Å². The Morgan fingerprint density at radius 1 is 1.40 bits per heavy atom. The van der Waals surface area contributed by atoms with Crippen molar-refractivity contribution in [1.82, 2.24) is 4.31 Å². The van der Waals surface area contributed by atoms with Crippen molar-refractivity contribution in [3.63, 3.8) is 0 Å². The number of carbonyl (C=O) groups is 1. The van der Waals surface area contributed by atoms with Crippen molar-refractivity contribution in [2.45, 2.75) is 50.7 Å². The lowest BCUT2D eigenvalue weighted by molar-refractivity contribution is -0.147. The van der Waals surface area contributed by atoms with Crippen LogP contribution in [0.1, 0.15) is 39.0 Å². The van der Waals surface area contributed by atoms with E-state index < -0.39 is 46.3 Å². The zero-order valence-corrected chi connectivity index (χ0v) is 11.9. The van der Waals surface area contributed by atoms with Crippen LogP contribution in [0.4, 0.5) is 13.2 Å². The van der Waals surface area contributed by atoms with Gasteiger partial charge in [-0.2, -0.15) is 17.5 Å². The average molecular weight is 317 g/mol. The molecular weight excluding hydrogens is 299 g/mol. The van der Waals surface area contributed by atoms with Crippen LogP contribution >= 0.6 is 0 Å². The van der Waals surface area contributed by atoms with Crippen LogP contribution in [0.15, 0.2) is 0 Å². The van der Waals surface area contributed by atoms with Gasteiger partial charge in [0.1, 0.15) is 5.54 Å². The second-order valence-corrected chi connectivity index (χ2v) is 6.91. The van der Waals surface area contributed by atoms with Gasteiger partial charge in [0.05, 0.1) is 5.75 Å². The topological polar surface area (TPSA) is 74.7 Å². The first-order valence-electron chi connectivity index (χ1n) is 6.36.